The standard InChI is InChI=1S/C27H16F4N2O3/c28-22-12-23-20(11-19(22)24-9-7-18(13-34)36-24)26(33-15-32-23)17-6-8-25(21(10-17)27(29,30)31)35-14-16-4-2-1-3-5-16/h1-13,15H,14H2. The van der Waals surface area contributed by atoms with Gasteiger partial charge in [0.05, 0.1) is 22.3 Å². The Hall–Kier alpha value is -4.53. The predicted octanol–water partition coefficient (Wildman–Crippen LogP) is 7.11. The minimum atomic E-state index is -4.69. The zero-order chi connectivity index (χ0) is 25.3. The number of ether oxygens (including phenoxy) is 1. The molecule has 9 heteroatoms. The number of fused-ring (bicyclic) bond motifs is 1. The summed E-state index contributed by atoms with van der Waals surface area (Å²) in [5.41, 5.74) is 0.288. The molecule has 0 spiro atoms. The van der Waals surface area contributed by atoms with Gasteiger partial charge < -0.3 is 9.15 Å². The number of nitrogens with zero attached hydrogens (tertiary/aromatic N) is 2. The fraction of sp³-hybridized carbons (Fsp3) is 0.0741. The zero-order valence-corrected chi connectivity index (χ0v) is 18.4. The lowest BCUT2D eigenvalue weighted by atomic mass is 10.0. The van der Waals surface area contributed by atoms with Crippen molar-refractivity contribution in [3.8, 4) is 28.3 Å². The van der Waals surface area contributed by atoms with Gasteiger partial charge in [-0.15, -0.1) is 0 Å². The van der Waals surface area contributed by atoms with Crippen LogP contribution in [0.1, 0.15) is 21.7 Å². The van der Waals surface area contributed by atoms with Crippen LogP contribution in [0.4, 0.5) is 17.6 Å². The number of hydrogen-bond acceptors (Lipinski definition) is 5. The third-order valence-corrected chi connectivity index (χ3v) is 5.53. The molecule has 3 aromatic carbocycles. The van der Waals surface area contributed by atoms with Gasteiger partial charge in [0.15, 0.2) is 12.0 Å². The molecule has 5 nitrogen and oxygen atoms in total. The minimum absolute atomic E-state index is 0.00921. The third kappa shape index (κ3) is 4.55. The van der Waals surface area contributed by atoms with Crippen molar-refractivity contribution in [1.29, 1.82) is 0 Å². The van der Waals surface area contributed by atoms with Crippen LogP contribution in [0.5, 0.6) is 5.75 Å². The van der Waals surface area contributed by atoms with E-state index >= 15 is 0 Å². The molecule has 0 unspecified atom stereocenters. The number of hydrogen-bond donors (Lipinski definition) is 0. The smallest absolute Gasteiger partial charge is 0.419 e. The van der Waals surface area contributed by atoms with Gasteiger partial charge in [0, 0.05) is 17.0 Å². The largest absolute Gasteiger partial charge is 0.488 e. The van der Waals surface area contributed by atoms with E-state index in [1.54, 1.807) is 30.3 Å². The molecule has 0 aliphatic heterocycles. The second-order valence-corrected chi connectivity index (χ2v) is 7.87. The molecule has 0 amide bonds. The molecule has 0 saturated carbocycles. The fourth-order valence-corrected chi connectivity index (χ4v) is 3.82. The van der Waals surface area contributed by atoms with E-state index in [-0.39, 0.29) is 46.2 Å². The van der Waals surface area contributed by atoms with Crippen molar-refractivity contribution in [2.45, 2.75) is 12.8 Å². The van der Waals surface area contributed by atoms with Gasteiger partial charge >= 0.3 is 6.18 Å². The molecule has 0 saturated heterocycles. The SMILES string of the molecule is O=Cc1ccc(-c2cc3c(-c4ccc(OCc5ccccc5)c(C(F)(F)F)c4)ncnc3cc2F)o1. The second kappa shape index (κ2) is 9.26. The topological polar surface area (TPSA) is 65.2 Å². The quantitative estimate of drug-likeness (QED) is 0.187. The summed E-state index contributed by atoms with van der Waals surface area (Å²) < 4.78 is 67.5. The molecule has 0 radical (unpaired) electrons. The van der Waals surface area contributed by atoms with Crippen LogP contribution in [-0.2, 0) is 12.8 Å². The van der Waals surface area contributed by atoms with E-state index in [1.165, 1.54) is 30.3 Å². The minimum Gasteiger partial charge on any atom is -0.488 e. The maximum atomic E-state index is 14.8. The highest BCUT2D eigenvalue weighted by atomic mass is 19.4. The molecule has 2 aromatic heterocycles. The van der Waals surface area contributed by atoms with E-state index in [2.05, 4.69) is 9.97 Å². The average Bonchev–Trinajstić information content (AvgIpc) is 3.36. The highest BCUT2D eigenvalue weighted by Crippen LogP contribution is 2.40. The van der Waals surface area contributed by atoms with Crippen LogP contribution in [0.2, 0.25) is 0 Å². The average molecular weight is 492 g/mol. The molecule has 5 rings (SSSR count). The Labute approximate surface area is 202 Å². The lowest BCUT2D eigenvalue weighted by Crippen LogP contribution is -2.09. The molecule has 0 N–H and O–H groups in total. The molecule has 5 aromatic rings. The van der Waals surface area contributed by atoms with Crippen LogP contribution in [0.3, 0.4) is 0 Å². The first-order valence-electron chi connectivity index (χ1n) is 10.7. The van der Waals surface area contributed by atoms with E-state index < -0.39 is 17.6 Å². The molecule has 0 aliphatic carbocycles. The van der Waals surface area contributed by atoms with Crippen LogP contribution < -0.4 is 4.74 Å². The van der Waals surface area contributed by atoms with Crippen molar-refractivity contribution in [1.82, 2.24) is 9.97 Å². The van der Waals surface area contributed by atoms with Crippen molar-refractivity contribution >= 4 is 17.2 Å². The van der Waals surface area contributed by atoms with Crippen molar-refractivity contribution < 1.29 is 31.5 Å². The first-order valence-corrected chi connectivity index (χ1v) is 10.7. The number of alkyl halides is 3. The highest BCUT2D eigenvalue weighted by Gasteiger charge is 2.35. The number of furan rings is 1. The summed E-state index contributed by atoms with van der Waals surface area (Å²) >= 11 is 0. The monoisotopic (exact) mass is 492 g/mol. The molecule has 180 valence electrons. The number of aromatic nitrogens is 2. The first kappa shape index (κ1) is 23.2. The molecular formula is C27H16F4N2O3. The van der Waals surface area contributed by atoms with Gasteiger partial charge in [0.1, 0.15) is 30.3 Å². The van der Waals surface area contributed by atoms with Crippen LogP contribution in [0.15, 0.2) is 83.5 Å². The third-order valence-electron chi connectivity index (χ3n) is 5.53. The molecular weight excluding hydrogens is 476 g/mol. The molecule has 2 heterocycles. The molecule has 0 bridgehead atoms. The zero-order valence-electron chi connectivity index (χ0n) is 18.4. The maximum Gasteiger partial charge on any atom is 0.419 e. The number of carbonyl (C=O) groups excluding carboxylic acids is 1. The van der Waals surface area contributed by atoms with Crippen molar-refractivity contribution in [3.63, 3.8) is 0 Å². The summed E-state index contributed by atoms with van der Waals surface area (Å²) in [5, 5.41) is 0.309. The van der Waals surface area contributed by atoms with Crippen LogP contribution in [0, 0.1) is 5.82 Å². The Morgan fingerprint density at radius 1 is 0.944 bits per heavy atom. The maximum absolute atomic E-state index is 14.8. The van der Waals surface area contributed by atoms with Crippen molar-refractivity contribution in [2.75, 3.05) is 0 Å². The summed E-state index contributed by atoms with van der Waals surface area (Å²) in [6, 6.07) is 17.8. The number of benzene rings is 3. The van der Waals surface area contributed by atoms with Gasteiger partial charge in [-0.1, -0.05) is 30.3 Å². The highest BCUT2D eigenvalue weighted by molar-refractivity contribution is 5.95. The summed E-state index contributed by atoms with van der Waals surface area (Å²) in [7, 11) is 0. The Kier molecular flexibility index (Phi) is 5.97. The summed E-state index contributed by atoms with van der Waals surface area (Å²) in [6.07, 6.45) is -3.06. The lowest BCUT2D eigenvalue weighted by molar-refractivity contribution is -0.139. The van der Waals surface area contributed by atoms with Gasteiger partial charge in [0.25, 0.3) is 0 Å². The van der Waals surface area contributed by atoms with Crippen molar-refractivity contribution in [3.05, 3.63) is 102 Å². The predicted molar refractivity (Wildman–Crippen MR) is 124 cm³/mol. The van der Waals surface area contributed by atoms with Gasteiger partial charge in [-0.2, -0.15) is 13.2 Å². The summed E-state index contributed by atoms with van der Waals surface area (Å²) in [4.78, 5) is 19.2. The van der Waals surface area contributed by atoms with Crippen LogP contribution in [-0.4, -0.2) is 16.3 Å². The van der Waals surface area contributed by atoms with Gasteiger partial charge in [0.2, 0.25) is 0 Å². The second-order valence-electron chi connectivity index (χ2n) is 7.87. The Bertz CT molecular complexity index is 1560. The number of aldehydes is 1. The molecule has 0 aliphatic rings. The normalized spacial score (nSPS) is 11.6. The summed E-state index contributed by atoms with van der Waals surface area (Å²) in [6.45, 7) is -0.0335. The number of carbonyl (C=O) groups is 1. The Balaban J connectivity index is 1.59. The molecule has 0 fully saturated rings. The van der Waals surface area contributed by atoms with E-state index in [4.69, 9.17) is 9.15 Å². The van der Waals surface area contributed by atoms with Gasteiger partial charge in [-0.3, -0.25) is 4.79 Å². The fourth-order valence-electron chi connectivity index (χ4n) is 3.82. The summed E-state index contributed by atoms with van der Waals surface area (Å²) in [5.74, 6) is -0.890. The Morgan fingerprint density at radius 2 is 1.75 bits per heavy atom. The van der Waals surface area contributed by atoms with E-state index in [0.717, 1.165) is 24.0 Å². The number of rotatable bonds is 6. The van der Waals surface area contributed by atoms with Crippen molar-refractivity contribution in [2.24, 2.45) is 0 Å². The van der Waals surface area contributed by atoms with E-state index in [9.17, 15) is 22.4 Å². The lowest BCUT2D eigenvalue weighted by Gasteiger charge is -2.16. The van der Waals surface area contributed by atoms with E-state index in [0.29, 0.717) is 11.7 Å². The Morgan fingerprint density at radius 3 is 2.47 bits per heavy atom. The number of halogens is 4. The first-order chi connectivity index (χ1) is 17.3. The van der Waals surface area contributed by atoms with Gasteiger partial charge in [-0.25, -0.2) is 14.4 Å². The molecule has 0 atom stereocenters. The molecule has 36 heavy (non-hydrogen) atoms. The van der Waals surface area contributed by atoms with E-state index in [1.807, 2.05) is 0 Å². The van der Waals surface area contributed by atoms with Crippen LogP contribution >= 0.6 is 0 Å². The van der Waals surface area contributed by atoms with Crippen LogP contribution in [0.25, 0.3) is 33.5 Å². The van der Waals surface area contributed by atoms with Gasteiger partial charge in [-0.05, 0) is 42.0 Å².